The standard InChI is InChI=1S/C26H37F5O/c1-2-3-4-5-18-6-10-20(11-7-18)21-12-8-19(9-13-21)14-15-26(30,31)32-22-16-23(27)25(29)24(28)17-22/h16-21H,2-15H2,1H3. The average Bonchev–Trinajstić information content (AvgIpc) is 2.77. The number of halogens is 5. The number of alkyl halides is 2. The normalized spacial score (nSPS) is 26.8. The summed E-state index contributed by atoms with van der Waals surface area (Å²) in [6.45, 7) is 2.25. The van der Waals surface area contributed by atoms with Crippen molar-refractivity contribution in [3.8, 4) is 5.75 Å². The van der Waals surface area contributed by atoms with E-state index in [4.69, 9.17) is 0 Å². The van der Waals surface area contributed by atoms with Crippen LogP contribution < -0.4 is 4.74 Å². The summed E-state index contributed by atoms with van der Waals surface area (Å²) in [4.78, 5) is 0. The van der Waals surface area contributed by atoms with Gasteiger partial charge in [0, 0.05) is 12.1 Å². The van der Waals surface area contributed by atoms with Crippen LogP contribution in [0.1, 0.15) is 96.8 Å². The lowest BCUT2D eigenvalue weighted by Gasteiger charge is -2.38. The molecule has 6 heteroatoms. The van der Waals surface area contributed by atoms with Crippen molar-refractivity contribution in [1.29, 1.82) is 0 Å². The third-order valence-corrected chi connectivity index (χ3v) is 7.73. The zero-order chi connectivity index (χ0) is 23.1. The number of hydrogen-bond acceptors (Lipinski definition) is 1. The maximum Gasteiger partial charge on any atom is 0.397 e. The summed E-state index contributed by atoms with van der Waals surface area (Å²) in [5.74, 6) is -2.81. The summed E-state index contributed by atoms with van der Waals surface area (Å²) >= 11 is 0. The molecule has 182 valence electrons. The van der Waals surface area contributed by atoms with Gasteiger partial charge in [0.2, 0.25) is 0 Å². The van der Waals surface area contributed by atoms with Crippen LogP contribution in [0.3, 0.4) is 0 Å². The third-order valence-electron chi connectivity index (χ3n) is 7.73. The topological polar surface area (TPSA) is 9.23 Å². The highest BCUT2D eigenvalue weighted by Gasteiger charge is 2.35. The Morgan fingerprint density at radius 3 is 1.78 bits per heavy atom. The van der Waals surface area contributed by atoms with E-state index >= 15 is 0 Å². The van der Waals surface area contributed by atoms with Gasteiger partial charge in [0.15, 0.2) is 17.5 Å². The molecule has 0 atom stereocenters. The fourth-order valence-corrected chi connectivity index (χ4v) is 5.77. The molecule has 0 bridgehead atoms. The molecule has 1 nitrogen and oxygen atoms in total. The first-order chi connectivity index (χ1) is 15.3. The minimum absolute atomic E-state index is 0.229. The first kappa shape index (κ1) is 25.3. The second-order valence-electron chi connectivity index (χ2n) is 10.0. The van der Waals surface area contributed by atoms with Gasteiger partial charge in [0.25, 0.3) is 0 Å². The van der Waals surface area contributed by atoms with E-state index in [-0.39, 0.29) is 5.92 Å². The van der Waals surface area contributed by atoms with Crippen molar-refractivity contribution in [2.45, 2.75) is 103 Å². The van der Waals surface area contributed by atoms with Crippen molar-refractivity contribution in [3.05, 3.63) is 29.6 Å². The molecule has 0 unspecified atom stereocenters. The Hall–Kier alpha value is -1.33. The average molecular weight is 461 g/mol. The van der Waals surface area contributed by atoms with Gasteiger partial charge in [-0.25, -0.2) is 13.2 Å². The summed E-state index contributed by atoms with van der Waals surface area (Å²) in [6.07, 6.45) is 11.1. The van der Waals surface area contributed by atoms with Crippen LogP contribution >= 0.6 is 0 Å². The van der Waals surface area contributed by atoms with E-state index in [2.05, 4.69) is 11.7 Å². The minimum Gasteiger partial charge on any atom is -0.432 e. The van der Waals surface area contributed by atoms with E-state index in [0.717, 1.165) is 43.4 Å². The number of hydrogen-bond donors (Lipinski definition) is 0. The van der Waals surface area contributed by atoms with Crippen LogP contribution in [0, 0.1) is 41.1 Å². The van der Waals surface area contributed by atoms with Gasteiger partial charge in [-0.05, 0) is 55.8 Å². The van der Waals surface area contributed by atoms with Gasteiger partial charge in [-0.15, -0.1) is 0 Å². The molecule has 0 heterocycles. The second kappa shape index (κ2) is 11.7. The predicted molar refractivity (Wildman–Crippen MR) is 116 cm³/mol. The van der Waals surface area contributed by atoms with E-state index < -0.39 is 35.7 Å². The predicted octanol–water partition coefficient (Wildman–Crippen LogP) is 9.05. The molecule has 1 aromatic carbocycles. The van der Waals surface area contributed by atoms with Crippen LogP contribution in [0.15, 0.2) is 12.1 Å². The zero-order valence-corrected chi connectivity index (χ0v) is 19.2. The summed E-state index contributed by atoms with van der Waals surface area (Å²) in [7, 11) is 0. The van der Waals surface area contributed by atoms with Gasteiger partial charge < -0.3 is 4.74 Å². The van der Waals surface area contributed by atoms with Crippen LogP contribution in [0.4, 0.5) is 22.0 Å². The highest BCUT2D eigenvalue weighted by atomic mass is 19.3. The molecule has 0 amide bonds. The molecular weight excluding hydrogens is 423 g/mol. The number of rotatable bonds is 10. The summed E-state index contributed by atoms with van der Waals surface area (Å²) in [5.41, 5.74) is 0. The van der Waals surface area contributed by atoms with Gasteiger partial charge in [-0.1, -0.05) is 58.3 Å². The van der Waals surface area contributed by atoms with Crippen LogP contribution in [-0.2, 0) is 0 Å². The largest absolute Gasteiger partial charge is 0.432 e. The third kappa shape index (κ3) is 7.34. The molecule has 3 rings (SSSR count). The molecular formula is C26H37F5O. The highest BCUT2D eigenvalue weighted by Crippen LogP contribution is 2.43. The molecule has 0 N–H and O–H groups in total. The quantitative estimate of drug-likeness (QED) is 0.192. The lowest BCUT2D eigenvalue weighted by molar-refractivity contribution is -0.183. The Labute approximate surface area is 189 Å². The van der Waals surface area contributed by atoms with E-state index in [0.29, 0.717) is 18.6 Å². The monoisotopic (exact) mass is 460 g/mol. The van der Waals surface area contributed by atoms with Crippen molar-refractivity contribution in [3.63, 3.8) is 0 Å². The van der Waals surface area contributed by atoms with Crippen LogP contribution in [0.2, 0.25) is 0 Å². The van der Waals surface area contributed by atoms with E-state index in [9.17, 15) is 22.0 Å². The Kier molecular flexibility index (Phi) is 9.24. The molecule has 0 aliphatic heterocycles. The first-order valence-corrected chi connectivity index (χ1v) is 12.5. The maximum absolute atomic E-state index is 14.2. The molecule has 2 aliphatic rings. The van der Waals surface area contributed by atoms with Gasteiger partial charge in [-0.2, -0.15) is 8.78 Å². The Morgan fingerprint density at radius 1 is 0.781 bits per heavy atom. The smallest absolute Gasteiger partial charge is 0.397 e. The van der Waals surface area contributed by atoms with Crippen molar-refractivity contribution in [2.75, 3.05) is 0 Å². The summed E-state index contributed by atoms with van der Waals surface area (Å²) in [5, 5.41) is 0. The van der Waals surface area contributed by atoms with Crippen LogP contribution in [-0.4, -0.2) is 6.11 Å². The second-order valence-corrected chi connectivity index (χ2v) is 10.0. The van der Waals surface area contributed by atoms with Crippen LogP contribution in [0.25, 0.3) is 0 Å². The maximum atomic E-state index is 14.2. The SMILES string of the molecule is CCCCCC1CCC(C2CCC(CCC(F)(F)Oc3cc(F)c(F)c(F)c3)CC2)CC1. The first-order valence-electron chi connectivity index (χ1n) is 12.5. The van der Waals surface area contributed by atoms with Crippen molar-refractivity contribution in [2.24, 2.45) is 23.7 Å². The molecule has 32 heavy (non-hydrogen) atoms. The molecule has 2 aliphatic carbocycles. The van der Waals surface area contributed by atoms with Gasteiger partial charge in [-0.3, -0.25) is 0 Å². The lowest BCUT2D eigenvalue weighted by atomic mass is 9.68. The number of benzene rings is 1. The molecule has 0 saturated heterocycles. The summed E-state index contributed by atoms with van der Waals surface area (Å²) < 4.78 is 72.3. The fraction of sp³-hybridized carbons (Fsp3) is 0.769. The van der Waals surface area contributed by atoms with E-state index in [1.807, 2.05) is 0 Å². The fourth-order valence-electron chi connectivity index (χ4n) is 5.77. The van der Waals surface area contributed by atoms with Crippen molar-refractivity contribution >= 4 is 0 Å². The van der Waals surface area contributed by atoms with Gasteiger partial charge in [0.05, 0.1) is 6.42 Å². The number of ether oxygens (including phenoxy) is 1. The highest BCUT2D eigenvalue weighted by molar-refractivity contribution is 5.25. The number of unbranched alkanes of at least 4 members (excludes halogenated alkanes) is 2. The lowest BCUT2D eigenvalue weighted by Crippen LogP contribution is -2.28. The minimum atomic E-state index is -3.54. The van der Waals surface area contributed by atoms with Crippen molar-refractivity contribution < 1.29 is 26.7 Å². The van der Waals surface area contributed by atoms with Crippen LogP contribution in [0.5, 0.6) is 5.75 Å². The molecule has 2 fully saturated rings. The zero-order valence-electron chi connectivity index (χ0n) is 19.2. The molecule has 0 aromatic heterocycles. The van der Waals surface area contributed by atoms with E-state index in [1.165, 1.54) is 51.4 Å². The van der Waals surface area contributed by atoms with Gasteiger partial charge >= 0.3 is 6.11 Å². The van der Waals surface area contributed by atoms with Gasteiger partial charge in [0.1, 0.15) is 5.75 Å². The van der Waals surface area contributed by atoms with Crippen molar-refractivity contribution in [1.82, 2.24) is 0 Å². The molecule has 2 saturated carbocycles. The molecule has 0 radical (unpaired) electrons. The molecule has 1 aromatic rings. The van der Waals surface area contributed by atoms with E-state index in [1.54, 1.807) is 0 Å². The summed E-state index contributed by atoms with van der Waals surface area (Å²) in [6, 6.07) is 0.909. The Balaban J connectivity index is 1.37. The Bertz CT molecular complexity index is 683. The Morgan fingerprint density at radius 2 is 1.28 bits per heavy atom. The molecule has 0 spiro atoms.